The minimum absolute atomic E-state index is 0.164. The topological polar surface area (TPSA) is 298 Å². The molecule has 0 amide bonds. The summed E-state index contributed by atoms with van der Waals surface area (Å²) in [7, 11) is 1.66. The summed E-state index contributed by atoms with van der Waals surface area (Å²) in [5.41, 5.74) is 8.78. The SMILES string of the molecule is C#Cc1cccc(Nc2nc3cc(C(=O)O)ccc3c3cnc(CC4CCNCC4)nc23)c1.C#Cc1cccc(Nc2nc3cc(C(=O)O)ccc3c3cnc(CCCCN4CCOCC4)nc23)c1.C#Cc1cccc(Nc2nc3cc(C(=O)O)ccc3c3cnc(CCCOC)nc23)c1. The summed E-state index contributed by atoms with van der Waals surface area (Å²) in [5, 5.41) is 46.4. The Kier molecular flexibility index (Phi) is 21.6. The van der Waals surface area contributed by atoms with Crippen molar-refractivity contribution in [2.45, 2.75) is 51.4 Å². The smallest absolute Gasteiger partial charge is 0.335 e. The third-order valence-corrected chi connectivity index (χ3v) is 17.3. The number of benzene rings is 6. The molecule has 6 aromatic heterocycles. The van der Waals surface area contributed by atoms with Crippen molar-refractivity contribution in [2.75, 3.05) is 75.6 Å². The van der Waals surface area contributed by atoms with Crippen molar-refractivity contribution >= 4 is 118 Å². The molecule has 8 heterocycles. The van der Waals surface area contributed by atoms with Crippen LogP contribution in [0.5, 0.6) is 0 Å². The highest BCUT2D eigenvalue weighted by molar-refractivity contribution is 6.12. The van der Waals surface area contributed by atoms with Crippen LogP contribution < -0.4 is 21.3 Å². The fraction of sp³-hybridized carbons (Fsp3) is 0.231. The molecule has 6 aromatic carbocycles. The van der Waals surface area contributed by atoms with Gasteiger partial charge in [0, 0.05) is 131 Å². The number of hydrogen-bond donors (Lipinski definition) is 7. The van der Waals surface area contributed by atoms with Crippen molar-refractivity contribution in [3.8, 4) is 37.0 Å². The summed E-state index contributed by atoms with van der Waals surface area (Å²) in [6, 6.07) is 37.1. The second-order valence-electron chi connectivity index (χ2n) is 24.1. The predicted molar refractivity (Wildman–Crippen MR) is 388 cm³/mol. The third-order valence-electron chi connectivity index (χ3n) is 17.3. The maximum atomic E-state index is 11.5. The number of carbonyl (C=O) groups is 3. The number of anilines is 6. The summed E-state index contributed by atoms with van der Waals surface area (Å²) in [6.45, 7) is 7.32. The molecule has 0 spiro atoms. The van der Waals surface area contributed by atoms with Crippen LogP contribution in [-0.2, 0) is 28.7 Å². The number of rotatable bonds is 20. The van der Waals surface area contributed by atoms with E-state index >= 15 is 0 Å². The second kappa shape index (κ2) is 31.8. The van der Waals surface area contributed by atoms with E-state index in [-0.39, 0.29) is 16.7 Å². The molecule has 0 saturated carbocycles. The van der Waals surface area contributed by atoms with Gasteiger partial charge in [-0.05, 0) is 149 Å². The number of terminal acetylenes is 3. The molecule has 2 saturated heterocycles. The Bertz CT molecular complexity index is 5210. The number of piperidine rings is 1. The van der Waals surface area contributed by atoms with E-state index in [0.717, 1.165) is 169 Å². The molecule has 12 aromatic rings. The molecule has 22 nitrogen and oxygen atoms in total. The number of unbranched alkanes of at least 4 members (excludes halogenated alkanes) is 1. The van der Waals surface area contributed by atoms with Gasteiger partial charge in [-0.15, -0.1) is 19.3 Å². The maximum absolute atomic E-state index is 11.5. The van der Waals surface area contributed by atoms with Crippen molar-refractivity contribution in [2.24, 2.45) is 5.92 Å². The Morgan fingerprint density at radius 3 is 1.32 bits per heavy atom. The zero-order valence-corrected chi connectivity index (χ0v) is 54.8. The molecule has 100 heavy (non-hydrogen) atoms. The number of hydrogen-bond acceptors (Lipinski definition) is 19. The molecule has 0 unspecified atom stereocenters. The fourth-order valence-electron chi connectivity index (χ4n) is 12.1. The first-order chi connectivity index (χ1) is 48.8. The minimum atomic E-state index is -1.01. The molecule has 2 aliphatic heterocycles. The molecule has 22 heteroatoms. The number of aromatic nitrogens is 9. The van der Waals surface area contributed by atoms with E-state index in [1.165, 1.54) is 0 Å². The van der Waals surface area contributed by atoms with E-state index in [2.05, 4.69) is 58.9 Å². The van der Waals surface area contributed by atoms with E-state index in [0.29, 0.717) is 75.3 Å². The van der Waals surface area contributed by atoms with Gasteiger partial charge in [-0.2, -0.15) is 0 Å². The number of aryl methyl sites for hydroxylation is 2. The van der Waals surface area contributed by atoms with Gasteiger partial charge in [0.15, 0.2) is 17.5 Å². The van der Waals surface area contributed by atoms with Gasteiger partial charge in [0.25, 0.3) is 0 Å². The average molecular weight is 1330 g/mol. The van der Waals surface area contributed by atoms with Crippen molar-refractivity contribution in [1.82, 2.24) is 55.1 Å². The molecule has 14 rings (SSSR count). The van der Waals surface area contributed by atoms with Crippen LogP contribution >= 0.6 is 0 Å². The van der Waals surface area contributed by atoms with Crippen LogP contribution in [0, 0.1) is 42.9 Å². The average Bonchev–Trinajstić information content (AvgIpc) is 0.782. The number of carboxylic acid groups (broad SMARTS) is 3. The molecule has 0 bridgehead atoms. The number of morpholine rings is 1. The van der Waals surface area contributed by atoms with Crippen molar-refractivity contribution in [3.05, 3.63) is 197 Å². The van der Waals surface area contributed by atoms with Crippen LogP contribution in [-0.4, -0.2) is 143 Å². The summed E-state index contributed by atoms with van der Waals surface area (Å²) < 4.78 is 10.5. The van der Waals surface area contributed by atoms with Gasteiger partial charge in [-0.1, -0.05) is 54.2 Å². The highest BCUT2D eigenvalue weighted by Gasteiger charge is 2.21. The molecule has 2 fully saturated rings. The molecular formula is C78H70N14O8. The Hall–Kier alpha value is -12.1. The first-order valence-corrected chi connectivity index (χ1v) is 32.8. The van der Waals surface area contributed by atoms with Gasteiger partial charge in [-0.25, -0.2) is 59.2 Å². The number of carboxylic acids is 3. The third kappa shape index (κ3) is 16.5. The zero-order valence-electron chi connectivity index (χ0n) is 54.8. The summed E-state index contributed by atoms with van der Waals surface area (Å²) in [5.74, 6) is 9.26. The number of nitrogens with zero attached hydrogens (tertiary/aromatic N) is 10. The molecular weight excluding hydrogens is 1260 g/mol. The minimum Gasteiger partial charge on any atom is -0.478 e. The normalized spacial score (nSPS) is 13.1. The van der Waals surface area contributed by atoms with E-state index in [9.17, 15) is 29.7 Å². The van der Waals surface area contributed by atoms with E-state index in [1.807, 2.05) is 85.2 Å². The van der Waals surface area contributed by atoms with Crippen molar-refractivity contribution < 1.29 is 39.2 Å². The number of nitrogens with one attached hydrogen (secondary N) is 4. The number of pyridine rings is 3. The number of aromatic carboxylic acids is 3. The van der Waals surface area contributed by atoms with Gasteiger partial charge >= 0.3 is 17.9 Å². The molecule has 500 valence electrons. The first kappa shape index (κ1) is 67.9. The Morgan fingerprint density at radius 2 is 0.920 bits per heavy atom. The van der Waals surface area contributed by atoms with Crippen molar-refractivity contribution in [3.63, 3.8) is 0 Å². The molecule has 7 N–H and O–H groups in total. The summed E-state index contributed by atoms with van der Waals surface area (Å²) in [6.07, 6.45) is 29.4. The van der Waals surface area contributed by atoms with Gasteiger partial charge in [0.05, 0.1) is 46.5 Å². The maximum Gasteiger partial charge on any atom is 0.335 e. The highest BCUT2D eigenvalue weighted by Crippen LogP contribution is 2.35. The van der Waals surface area contributed by atoms with Crippen LogP contribution in [0.15, 0.2) is 146 Å². The van der Waals surface area contributed by atoms with Crippen LogP contribution in [0.25, 0.3) is 65.4 Å². The molecule has 0 atom stereocenters. The molecule has 2 aliphatic rings. The van der Waals surface area contributed by atoms with Crippen LogP contribution in [0.1, 0.15) is 97.3 Å². The quantitative estimate of drug-likeness (QED) is 0.0212. The summed E-state index contributed by atoms with van der Waals surface area (Å²) in [4.78, 5) is 79.4. The first-order valence-electron chi connectivity index (χ1n) is 32.8. The van der Waals surface area contributed by atoms with Crippen LogP contribution in [0.4, 0.5) is 34.5 Å². The lowest BCUT2D eigenvalue weighted by molar-refractivity contribution is 0.0372. The Morgan fingerprint density at radius 1 is 0.520 bits per heavy atom. The van der Waals surface area contributed by atoms with E-state index < -0.39 is 17.9 Å². The number of fused-ring (bicyclic) bond motifs is 9. The number of methoxy groups -OCH3 is 1. The standard InChI is InChI=1S/C28H27N5O3.C26H23N5O2.C24H20N4O3/c1-2-19-6-5-7-21(16-19)30-27-26-23(22-10-9-20(28(34)35)17-24(22)31-27)18-29-25(32-26)8-3-4-11-33-12-14-36-15-13-33;1-2-16-4-3-5-19(12-16)29-25-24-21(20-7-6-18(26(32)33)14-22(20)30-25)15-28-23(31-24)13-17-8-10-27-11-9-17;1-3-15-6-4-7-17(12-15)26-23-22-19(14-25-21(28-22)8-5-11-31-2)18-10-9-16(24(29)30)13-20(18)27-23/h1,5-7,9-10,16-18H,3-4,8,11-15H2,(H,30,31)(H,34,35);1,3-7,12,14-15,17,27H,8-11,13H2,(H,29,30)(H,32,33);1,4,6-7,9-10,12-14H,5,8,11H2,2H3,(H,26,27)(H,29,30). The monoisotopic (exact) mass is 1330 g/mol. The van der Waals surface area contributed by atoms with E-state index in [1.54, 1.807) is 67.9 Å². The summed E-state index contributed by atoms with van der Waals surface area (Å²) >= 11 is 0. The van der Waals surface area contributed by atoms with Gasteiger partial charge in [0.1, 0.15) is 34.0 Å². The highest BCUT2D eigenvalue weighted by atomic mass is 16.5. The van der Waals surface area contributed by atoms with Gasteiger partial charge < -0.3 is 46.1 Å². The molecule has 0 aliphatic carbocycles. The Balaban J connectivity index is 0.000000143. The zero-order chi connectivity index (χ0) is 69.5. The van der Waals surface area contributed by atoms with E-state index in [4.69, 9.17) is 58.6 Å². The van der Waals surface area contributed by atoms with Gasteiger partial charge in [-0.3, -0.25) is 4.90 Å². The predicted octanol–water partition coefficient (Wildman–Crippen LogP) is 12.6. The fourth-order valence-corrected chi connectivity index (χ4v) is 12.1. The van der Waals surface area contributed by atoms with Crippen LogP contribution in [0.2, 0.25) is 0 Å². The number of ether oxygens (including phenoxy) is 2. The lowest BCUT2D eigenvalue weighted by Crippen LogP contribution is -2.36. The largest absolute Gasteiger partial charge is 0.478 e. The van der Waals surface area contributed by atoms with Crippen LogP contribution in [0.3, 0.4) is 0 Å². The van der Waals surface area contributed by atoms with Gasteiger partial charge in [0.2, 0.25) is 0 Å². The lowest BCUT2D eigenvalue weighted by atomic mass is 9.94. The molecule has 0 radical (unpaired) electrons. The lowest BCUT2D eigenvalue weighted by Gasteiger charge is -2.26. The second-order valence-corrected chi connectivity index (χ2v) is 24.1. The van der Waals surface area contributed by atoms with Crippen molar-refractivity contribution in [1.29, 1.82) is 0 Å². The Labute approximate surface area is 576 Å².